The predicted molar refractivity (Wildman–Crippen MR) is 124 cm³/mol. The van der Waals surface area contributed by atoms with Gasteiger partial charge in [0.25, 0.3) is 0 Å². The van der Waals surface area contributed by atoms with Gasteiger partial charge in [-0.3, -0.25) is 10.0 Å². The number of ether oxygens (including phenoxy) is 1. The molecule has 0 aromatic heterocycles. The van der Waals surface area contributed by atoms with Crippen LogP contribution in [0.25, 0.3) is 0 Å². The zero-order valence-corrected chi connectivity index (χ0v) is 21.2. The molecule has 184 valence electrons. The first-order chi connectivity index (χ1) is 15.3. The Morgan fingerprint density at radius 3 is 2.52 bits per heavy atom. The quantitative estimate of drug-likeness (QED) is 0.349. The lowest BCUT2D eigenvalue weighted by atomic mass is 10.0. The summed E-state index contributed by atoms with van der Waals surface area (Å²) in [5.74, 6) is -0.539. The van der Waals surface area contributed by atoms with Crippen molar-refractivity contribution in [2.24, 2.45) is 0 Å². The molecule has 0 bridgehead atoms. The second-order valence-corrected chi connectivity index (χ2v) is 12.2. The summed E-state index contributed by atoms with van der Waals surface area (Å²) < 4.78 is 33.4. The van der Waals surface area contributed by atoms with Crippen molar-refractivity contribution in [3.05, 3.63) is 33.3 Å². The Morgan fingerprint density at radius 1 is 1.27 bits per heavy atom. The molecule has 0 radical (unpaired) electrons. The van der Waals surface area contributed by atoms with E-state index in [9.17, 15) is 23.2 Å². The molecule has 1 aromatic carbocycles. The van der Waals surface area contributed by atoms with Gasteiger partial charge in [-0.2, -0.15) is 4.31 Å². The molecule has 1 aromatic rings. The fourth-order valence-corrected chi connectivity index (χ4v) is 6.36. The molecule has 2 aliphatic rings. The third kappa shape index (κ3) is 6.10. The normalized spacial score (nSPS) is 20.3. The zero-order valence-electron chi connectivity index (χ0n) is 18.8. The third-order valence-corrected chi connectivity index (χ3v) is 8.40. The highest BCUT2D eigenvalue weighted by Gasteiger charge is 2.42. The molecule has 2 amide bonds. The maximum absolute atomic E-state index is 13.3. The van der Waals surface area contributed by atoms with Crippen LogP contribution in [-0.2, 0) is 32.5 Å². The first-order valence-electron chi connectivity index (χ1n) is 10.7. The van der Waals surface area contributed by atoms with Crippen molar-refractivity contribution in [3.63, 3.8) is 0 Å². The van der Waals surface area contributed by atoms with Gasteiger partial charge in [0.05, 0.1) is 27.9 Å². The molecule has 12 heteroatoms. The molecule has 2 aliphatic heterocycles. The van der Waals surface area contributed by atoms with E-state index in [0.29, 0.717) is 40.9 Å². The number of nitrogens with zero attached hydrogens (tertiary/aromatic N) is 3. The van der Waals surface area contributed by atoms with Crippen LogP contribution < -0.4 is 0 Å². The van der Waals surface area contributed by atoms with Crippen molar-refractivity contribution in [1.82, 2.24) is 14.3 Å². The van der Waals surface area contributed by atoms with Crippen LogP contribution in [0.5, 0.6) is 0 Å². The van der Waals surface area contributed by atoms with Crippen LogP contribution in [0.3, 0.4) is 0 Å². The Hall–Kier alpha value is -1.59. The van der Waals surface area contributed by atoms with E-state index in [2.05, 4.69) is 0 Å². The average molecular weight is 522 g/mol. The molecule has 1 unspecified atom stereocenters. The first-order valence-corrected chi connectivity index (χ1v) is 13.1. The summed E-state index contributed by atoms with van der Waals surface area (Å²) in [5, 5.41) is 11.4. The van der Waals surface area contributed by atoms with Crippen LogP contribution in [-0.4, -0.2) is 76.9 Å². The van der Waals surface area contributed by atoms with E-state index in [1.165, 1.54) is 9.21 Å². The van der Waals surface area contributed by atoms with Gasteiger partial charge in [0.2, 0.25) is 16.4 Å². The van der Waals surface area contributed by atoms with E-state index in [4.69, 9.17) is 27.9 Å². The van der Waals surface area contributed by atoms with Gasteiger partial charge in [0, 0.05) is 19.6 Å². The molecule has 9 nitrogen and oxygen atoms in total. The second kappa shape index (κ2) is 9.95. The number of hydrogen-bond donors (Lipinski definition) is 1. The summed E-state index contributed by atoms with van der Waals surface area (Å²) in [5.41, 5.74) is 0.944. The molecule has 2 heterocycles. The summed E-state index contributed by atoms with van der Waals surface area (Å²) in [6.07, 6.45) is 1.05. The van der Waals surface area contributed by atoms with Crippen LogP contribution >= 0.6 is 23.2 Å². The summed E-state index contributed by atoms with van der Waals surface area (Å²) >= 11 is 12.2. The van der Waals surface area contributed by atoms with Crippen molar-refractivity contribution < 1.29 is 28.0 Å². The largest absolute Gasteiger partial charge is 0.444 e. The van der Waals surface area contributed by atoms with Crippen molar-refractivity contribution in [1.29, 1.82) is 0 Å². The molecule has 33 heavy (non-hydrogen) atoms. The fourth-order valence-electron chi connectivity index (χ4n) is 4.26. The van der Waals surface area contributed by atoms with Crippen LogP contribution in [0.4, 0.5) is 4.79 Å². The van der Waals surface area contributed by atoms with Gasteiger partial charge in [-0.25, -0.2) is 18.3 Å². The monoisotopic (exact) mass is 521 g/mol. The Kier molecular flexibility index (Phi) is 7.85. The van der Waals surface area contributed by atoms with Crippen LogP contribution in [0.2, 0.25) is 10.0 Å². The Bertz CT molecular complexity index is 1010. The number of rotatable bonds is 6. The fraction of sp³-hybridized carbons (Fsp3) is 0.619. The number of carbonyl (C=O) groups is 2. The van der Waals surface area contributed by atoms with E-state index in [1.54, 1.807) is 32.9 Å². The van der Waals surface area contributed by atoms with E-state index >= 15 is 0 Å². The minimum atomic E-state index is -3.91. The number of carbonyl (C=O) groups excluding carboxylic acids is 2. The lowest BCUT2D eigenvalue weighted by molar-refractivity contribution is -0.163. The van der Waals surface area contributed by atoms with Gasteiger partial charge in [-0.1, -0.05) is 23.2 Å². The molecular formula is C21H29Cl2N3O6S. The van der Waals surface area contributed by atoms with Gasteiger partial charge in [0.1, 0.15) is 5.60 Å². The summed E-state index contributed by atoms with van der Waals surface area (Å²) in [6, 6.07) is 1.56. The lowest BCUT2D eigenvalue weighted by Crippen LogP contribution is -2.55. The topological polar surface area (TPSA) is 107 Å². The average Bonchev–Trinajstić information content (AvgIpc) is 3.20. The van der Waals surface area contributed by atoms with E-state index in [-0.39, 0.29) is 19.5 Å². The minimum absolute atomic E-state index is 0.105. The summed E-state index contributed by atoms with van der Waals surface area (Å²) in [4.78, 5) is 25.5. The van der Waals surface area contributed by atoms with Crippen molar-refractivity contribution >= 4 is 45.7 Å². The number of halogens is 2. The highest BCUT2D eigenvalue weighted by atomic mass is 35.5. The van der Waals surface area contributed by atoms with Crippen molar-refractivity contribution in [2.75, 3.05) is 18.8 Å². The maximum Gasteiger partial charge on any atom is 0.410 e. The number of amides is 2. The first kappa shape index (κ1) is 26.0. The molecule has 1 N–H and O–H groups in total. The van der Waals surface area contributed by atoms with Crippen LogP contribution in [0.15, 0.2) is 12.1 Å². The number of fused-ring (bicyclic) bond motifs is 1. The lowest BCUT2D eigenvalue weighted by Gasteiger charge is -2.36. The zero-order chi connectivity index (χ0) is 24.6. The number of likely N-dealkylation sites (tertiary alicyclic amines) is 1. The van der Waals surface area contributed by atoms with Gasteiger partial charge in [0.15, 0.2) is 0 Å². The van der Waals surface area contributed by atoms with Gasteiger partial charge >= 0.3 is 6.09 Å². The molecular weight excluding hydrogens is 493 g/mol. The Balaban J connectivity index is 1.81. The smallest absolute Gasteiger partial charge is 0.410 e. The van der Waals surface area contributed by atoms with Gasteiger partial charge < -0.3 is 9.64 Å². The highest BCUT2D eigenvalue weighted by Crippen LogP contribution is 2.31. The number of hydroxylamine groups is 2. The Morgan fingerprint density at radius 2 is 1.91 bits per heavy atom. The molecule has 0 saturated carbocycles. The number of benzene rings is 1. The maximum atomic E-state index is 13.3. The van der Waals surface area contributed by atoms with Crippen molar-refractivity contribution in [3.8, 4) is 0 Å². The number of sulfonamides is 1. The SMILES string of the molecule is CC(C)(C)OC(=O)N1CCCC1[C@@H](CS(=O)(=O)N1CCc2cc(Cl)c(Cl)cc2C1)N(O)C=O. The van der Waals surface area contributed by atoms with Crippen LogP contribution in [0, 0.1) is 0 Å². The second-order valence-electron chi connectivity index (χ2n) is 9.33. The molecule has 1 saturated heterocycles. The van der Waals surface area contributed by atoms with Crippen molar-refractivity contribution in [2.45, 2.75) is 64.3 Å². The molecule has 3 rings (SSSR count). The minimum Gasteiger partial charge on any atom is -0.444 e. The molecule has 1 fully saturated rings. The standard InChI is InChI=1S/C21H29Cl2N3O6S/c1-21(2,3)32-20(28)25-7-4-5-18(25)19(26(29)13-27)12-33(30,31)24-8-6-14-9-16(22)17(23)10-15(14)11-24/h9-10,13,18-19,29H,4-8,11-12H2,1-3H3/t18?,19-/m1/s1. The van der Waals surface area contributed by atoms with E-state index in [1.807, 2.05) is 0 Å². The van der Waals surface area contributed by atoms with E-state index < -0.39 is 39.6 Å². The molecule has 0 spiro atoms. The number of hydrogen-bond acceptors (Lipinski definition) is 6. The van der Waals surface area contributed by atoms with Crippen LogP contribution in [0.1, 0.15) is 44.7 Å². The van der Waals surface area contributed by atoms with Gasteiger partial charge in [-0.15, -0.1) is 0 Å². The molecule has 0 aliphatic carbocycles. The predicted octanol–water partition coefficient (Wildman–Crippen LogP) is 3.30. The summed E-state index contributed by atoms with van der Waals surface area (Å²) in [7, 11) is -3.91. The molecule has 2 atom stereocenters. The summed E-state index contributed by atoms with van der Waals surface area (Å²) in [6.45, 7) is 5.88. The Labute approximate surface area is 204 Å². The van der Waals surface area contributed by atoms with Gasteiger partial charge in [-0.05, 0) is 63.3 Å². The highest BCUT2D eigenvalue weighted by molar-refractivity contribution is 7.89. The van der Waals surface area contributed by atoms with E-state index in [0.717, 1.165) is 11.1 Å². The third-order valence-electron chi connectivity index (χ3n) is 5.81.